The lowest BCUT2D eigenvalue weighted by Gasteiger charge is -2.36. The number of carbonyl (C=O) groups excluding carboxylic acids is 2. The van der Waals surface area contributed by atoms with Gasteiger partial charge in [0.25, 0.3) is 11.8 Å². The number of ether oxygens (including phenoxy) is 1. The van der Waals surface area contributed by atoms with Crippen molar-refractivity contribution >= 4 is 23.2 Å². The molecule has 1 spiro atoms. The Bertz CT molecular complexity index is 1100. The predicted octanol–water partition coefficient (Wildman–Crippen LogP) is 1.30. The number of nitrogens with zero attached hydrogens (tertiary/aromatic N) is 4. The molecule has 2 fully saturated rings. The van der Waals surface area contributed by atoms with Gasteiger partial charge in [-0.3, -0.25) is 14.5 Å². The molecule has 2 N–H and O–H groups in total. The van der Waals surface area contributed by atoms with Crippen molar-refractivity contribution in [3.8, 4) is 5.88 Å². The van der Waals surface area contributed by atoms with Gasteiger partial charge in [-0.1, -0.05) is 0 Å². The Balaban J connectivity index is 1.24. The Morgan fingerprint density at radius 1 is 1.25 bits per heavy atom. The highest BCUT2D eigenvalue weighted by Crippen LogP contribution is 2.46. The molecule has 5 rings (SSSR count). The molecule has 0 bridgehead atoms. The number of hydrogen-bond donors (Lipinski definition) is 2. The van der Waals surface area contributed by atoms with Crippen LogP contribution < -0.4 is 20.3 Å². The number of anilines is 2. The van der Waals surface area contributed by atoms with Crippen molar-refractivity contribution in [2.75, 3.05) is 43.4 Å². The van der Waals surface area contributed by atoms with E-state index in [-0.39, 0.29) is 23.2 Å². The van der Waals surface area contributed by atoms with E-state index in [9.17, 15) is 14.0 Å². The van der Waals surface area contributed by atoms with Gasteiger partial charge >= 0.3 is 0 Å². The summed E-state index contributed by atoms with van der Waals surface area (Å²) in [5, 5.41) is 5.02. The molecule has 4 heterocycles. The minimum atomic E-state index is -0.868. The van der Waals surface area contributed by atoms with Crippen molar-refractivity contribution in [2.45, 2.75) is 25.0 Å². The molecular formula is C21H22F2N6O3. The fraction of sp³-hybridized carbons (Fsp3) is 0.429. The van der Waals surface area contributed by atoms with E-state index in [0.717, 1.165) is 0 Å². The van der Waals surface area contributed by atoms with Crippen molar-refractivity contribution in [2.24, 2.45) is 0 Å². The summed E-state index contributed by atoms with van der Waals surface area (Å²) in [6.45, 7) is 2.47. The van der Waals surface area contributed by atoms with Gasteiger partial charge in [0.05, 0.1) is 5.69 Å². The molecule has 0 atom stereocenters. The lowest BCUT2D eigenvalue weighted by atomic mass is 10.1. The minimum absolute atomic E-state index is 0.00647. The Morgan fingerprint density at radius 3 is 2.66 bits per heavy atom. The average molecular weight is 444 g/mol. The lowest BCUT2D eigenvalue weighted by Crippen LogP contribution is -2.46. The highest BCUT2D eigenvalue weighted by molar-refractivity contribution is 6.02. The number of carbonyl (C=O) groups is 2. The smallest absolute Gasteiger partial charge is 0.269 e. The fourth-order valence-electron chi connectivity index (χ4n) is 4.01. The van der Waals surface area contributed by atoms with Crippen LogP contribution in [0.3, 0.4) is 0 Å². The van der Waals surface area contributed by atoms with Crippen LogP contribution in [0.5, 0.6) is 5.88 Å². The maximum absolute atomic E-state index is 15.0. The Kier molecular flexibility index (Phi) is 4.92. The van der Waals surface area contributed by atoms with Crippen LogP contribution in [-0.2, 0) is 11.3 Å². The number of fused-ring (bicyclic) bond motifs is 1. The Hall–Kier alpha value is -3.34. The van der Waals surface area contributed by atoms with Gasteiger partial charge in [0.15, 0.2) is 11.4 Å². The first-order chi connectivity index (χ1) is 15.4. The minimum Gasteiger partial charge on any atom is -0.459 e. The largest absolute Gasteiger partial charge is 0.459 e. The zero-order chi connectivity index (χ0) is 22.5. The zero-order valence-electron chi connectivity index (χ0n) is 17.5. The highest BCUT2D eigenvalue weighted by Gasteiger charge is 2.56. The summed E-state index contributed by atoms with van der Waals surface area (Å²) in [5.74, 6) is -1.89. The van der Waals surface area contributed by atoms with Crippen LogP contribution in [0.4, 0.5) is 20.2 Å². The Labute approximate surface area is 182 Å². The first-order valence-electron chi connectivity index (χ1n) is 10.4. The monoisotopic (exact) mass is 444 g/mol. The molecule has 0 aromatic carbocycles. The van der Waals surface area contributed by atoms with Gasteiger partial charge in [0.1, 0.15) is 11.4 Å². The lowest BCUT2D eigenvalue weighted by molar-refractivity contribution is -0.125. The first kappa shape index (κ1) is 20.6. The van der Waals surface area contributed by atoms with Crippen molar-refractivity contribution in [3.05, 3.63) is 41.4 Å². The number of piperazine rings is 1. The molecule has 32 heavy (non-hydrogen) atoms. The van der Waals surface area contributed by atoms with Crippen LogP contribution in [0, 0.1) is 11.8 Å². The second-order valence-electron chi connectivity index (χ2n) is 8.18. The van der Waals surface area contributed by atoms with E-state index in [2.05, 4.69) is 20.6 Å². The molecule has 1 aliphatic carbocycles. The van der Waals surface area contributed by atoms with E-state index in [4.69, 9.17) is 4.74 Å². The van der Waals surface area contributed by atoms with Crippen LogP contribution in [-0.4, -0.2) is 65.5 Å². The van der Waals surface area contributed by atoms with Crippen LogP contribution >= 0.6 is 0 Å². The molecule has 2 aromatic rings. The molecule has 2 amide bonds. The normalized spacial score (nSPS) is 19.2. The quantitative estimate of drug-likeness (QED) is 0.686. The van der Waals surface area contributed by atoms with Crippen LogP contribution in [0.15, 0.2) is 18.3 Å². The van der Waals surface area contributed by atoms with Crippen LogP contribution in [0.2, 0.25) is 0 Å². The molecular weight excluding hydrogens is 422 g/mol. The third-order valence-corrected chi connectivity index (χ3v) is 6.10. The number of aromatic nitrogens is 2. The zero-order valence-corrected chi connectivity index (χ0v) is 17.5. The van der Waals surface area contributed by atoms with Crippen molar-refractivity contribution in [1.82, 2.24) is 20.2 Å². The van der Waals surface area contributed by atoms with Gasteiger partial charge < -0.3 is 20.3 Å². The van der Waals surface area contributed by atoms with Gasteiger partial charge in [0.2, 0.25) is 11.8 Å². The van der Waals surface area contributed by atoms with Gasteiger partial charge in [-0.15, -0.1) is 0 Å². The predicted molar refractivity (Wildman–Crippen MR) is 110 cm³/mol. The van der Waals surface area contributed by atoms with Gasteiger partial charge in [-0.25, -0.2) is 14.4 Å². The molecule has 168 valence electrons. The van der Waals surface area contributed by atoms with Gasteiger partial charge in [-0.05, 0) is 12.1 Å². The molecule has 0 unspecified atom stereocenters. The maximum atomic E-state index is 15.0. The molecule has 2 aliphatic heterocycles. The standard InChI is InChI=1S/C21H22F2N6O3/c1-24-18(30)13-2-3-14(17(23)26-13)29-8-6-28(7-9-29)11-12-10-25-19-16(15(12)22)27-20(31)21(32-19)4-5-21/h2-3,10H,4-9,11H2,1H3,(H,24,30)(H,27,31). The SMILES string of the molecule is CNC(=O)c1ccc(N2CCN(Cc3cnc4c(c3F)NC(=O)C3(CC3)O4)CC2)c(F)n1. The second kappa shape index (κ2) is 7.66. The summed E-state index contributed by atoms with van der Waals surface area (Å²) < 4.78 is 35.1. The van der Waals surface area contributed by atoms with Crippen LogP contribution in [0.1, 0.15) is 28.9 Å². The van der Waals surface area contributed by atoms with E-state index in [1.807, 2.05) is 9.80 Å². The molecule has 0 radical (unpaired) electrons. The number of amides is 2. The summed E-state index contributed by atoms with van der Waals surface area (Å²) in [6.07, 6.45) is 2.66. The van der Waals surface area contributed by atoms with E-state index in [1.165, 1.54) is 19.3 Å². The summed E-state index contributed by atoms with van der Waals surface area (Å²) in [5.41, 5.74) is -0.171. The molecule has 3 aliphatic rings. The van der Waals surface area contributed by atoms with Gasteiger partial charge in [0, 0.05) is 64.4 Å². The first-order valence-corrected chi connectivity index (χ1v) is 10.4. The number of nitrogens with one attached hydrogen (secondary N) is 2. The van der Waals surface area contributed by atoms with E-state index in [0.29, 0.717) is 56.8 Å². The van der Waals surface area contributed by atoms with Crippen molar-refractivity contribution < 1.29 is 23.1 Å². The summed E-state index contributed by atoms with van der Waals surface area (Å²) in [7, 11) is 1.46. The summed E-state index contributed by atoms with van der Waals surface area (Å²) >= 11 is 0. The number of rotatable bonds is 4. The van der Waals surface area contributed by atoms with Crippen molar-refractivity contribution in [3.63, 3.8) is 0 Å². The molecule has 9 nitrogen and oxygen atoms in total. The van der Waals surface area contributed by atoms with E-state index >= 15 is 4.39 Å². The average Bonchev–Trinajstić information content (AvgIpc) is 3.57. The number of halogens is 2. The van der Waals surface area contributed by atoms with Crippen molar-refractivity contribution in [1.29, 1.82) is 0 Å². The topological polar surface area (TPSA) is 99.7 Å². The maximum Gasteiger partial charge on any atom is 0.269 e. The molecule has 1 saturated heterocycles. The second-order valence-corrected chi connectivity index (χ2v) is 8.18. The number of hydrogen-bond acceptors (Lipinski definition) is 7. The summed E-state index contributed by atoms with van der Waals surface area (Å²) in [6, 6.07) is 3.03. The van der Waals surface area contributed by atoms with Gasteiger partial charge in [-0.2, -0.15) is 4.39 Å². The molecule has 1 saturated carbocycles. The third-order valence-electron chi connectivity index (χ3n) is 6.10. The molecule has 2 aromatic heterocycles. The Morgan fingerprint density at radius 2 is 2.00 bits per heavy atom. The highest BCUT2D eigenvalue weighted by atomic mass is 19.1. The van der Waals surface area contributed by atoms with E-state index < -0.39 is 23.3 Å². The fourth-order valence-corrected chi connectivity index (χ4v) is 4.01. The summed E-state index contributed by atoms with van der Waals surface area (Å²) in [4.78, 5) is 35.6. The van der Waals surface area contributed by atoms with Crippen LogP contribution in [0.25, 0.3) is 0 Å². The third kappa shape index (κ3) is 3.52. The number of pyridine rings is 2. The van der Waals surface area contributed by atoms with E-state index in [1.54, 1.807) is 6.07 Å². The molecule has 11 heteroatoms.